The molecule has 0 saturated heterocycles. The normalized spacial score (nSPS) is 15.3. The lowest BCUT2D eigenvalue weighted by atomic mass is 9.93. The van der Waals surface area contributed by atoms with Crippen LogP contribution in [-0.4, -0.2) is 12.5 Å². The van der Waals surface area contributed by atoms with Gasteiger partial charge in [0.05, 0.1) is 6.04 Å². The molecular weight excluding hydrogens is 352 g/mol. The summed E-state index contributed by atoms with van der Waals surface area (Å²) < 4.78 is 0.885. The van der Waals surface area contributed by atoms with Crippen molar-refractivity contribution in [1.82, 2.24) is 5.32 Å². The number of benzene rings is 2. The molecule has 2 aromatic carbocycles. The molecule has 0 fully saturated rings. The van der Waals surface area contributed by atoms with E-state index in [0.29, 0.717) is 11.6 Å². The summed E-state index contributed by atoms with van der Waals surface area (Å²) in [6, 6.07) is 11.1. The van der Waals surface area contributed by atoms with Crippen LogP contribution in [0, 0.1) is 0 Å². The summed E-state index contributed by atoms with van der Waals surface area (Å²) in [5, 5.41) is 3.48. The summed E-state index contributed by atoms with van der Waals surface area (Å²) in [4.78, 5) is 11.9. The van der Waals surface area contributed by atoms with Crippen molar-refractivity contribution >= 4 is 33.4 Å². The Balaban J connectivity index is 2.00. The van der Waals surface area contributed by atoms with Crippen molar-refractivity contribution in [2.45, 2.75) is 12.5 Å². The van der Waals surface area contributed by atoms with Gasteiger partial charge in [-0.2, -0.15) is 0 Å². The van der Waals surface area contributed by atoms with Gasteiger partial charge in [-0.05, 0) is 47.4 Å². The number of carbonyl (C=O) groups is 1. The molecule has 5 heteroatoms. The lowest BCUT2D eigenvalue weighted by molar-refractivity contribution is 0.0946. The van der Waals surface area contributed by atoms with Crippen molar-refractivity contribution in [2.75, 3.05) is 6.54 Å². The Morgan fingerprint density at radius 3 is 2.76 bits per heavy atom. The van der Waals surface area contributed by atoms with E-state index in [0.717, 1.165) is 33.1 Å². The zero-order chi connectivity index (χ0) is 15.0. The molecule has 1 heterocycles. The first kappa shape index (κ1) is 14.6. The highest BCUT2D eigenvalue weighted by molar-refractivity contribution is 9.10. The van der Waals surface area contributed by atoms with E-state index in [9.17, 15) is 4.79 Å². The van der Waals surface area contributed by atoms with Crippen LogP contribution in [0.4, 0.5) is 0 Å². The highest BCUT2D eigenvalue weighted by Gasteiger charge is 2.19. The van der Waals surface area contributed by atoms with Crippen molar-refractivity contribution in [1.29, 1.82) is 0 Å². The molecule has 1 unspecified atom stereocenters. The largest absolute Gasteiger partial charge is 0.352 e. The minimum Gasteiger partial charge on any atom is -0.352 e. The van der Waals surface area contributed by atoms with Gasteiger partial charge in [0.15, 0.2) is 0 Å². The fourth-order valence-electron chi connectivity index (χ4n) is 2.57. The van der Waals surface area contributed by atoms with Crippen LogP contribution in [-0.2, 0) is 6.42 Å². The molecule has 1 aliphatic heterocycles. The molecule has 3 rings (SSSR count). The predicted molar refractivity (Wildman–Crippen MR) is 87.7 cm³/mol. The first-order chi connectivity index (χ1) is 10.0. The topological polar surface area (TPSA) is 55.1 Å². The minimum atomic E-state index is -0.319. The van der Waals surface area contributed by atoms with Crippen LogP contribution in [0.5, 0.6) is 0 Å². The van der Waals surface area contributed by atoms with Gasteiger partial charge in [-0.15, -0.1) is 0 Å². The summed E-state index contributed by atoms with van der Waals surface area (Å²) in [6.45, 7) is 0.693. The highest BCUT2D eigenvalue weighted by atomic mass is 79.9. The molecule has 21 heavy (non-hydrogen) atoms. The van der Waals surface area contributed by atoms with Crippen LogP contribution < -0.4 is 11.1 Å². The monoisotopic (exact) mass is 364 g/mol. The minimum absolute atomic E-state index is 0.0300. The lowest BCUT2D eigenvalue weighted by Crippen LogP contribution is -2.32. The molecule has 1 atom stereocenters. The Kier molecular flexibility index (Phi) is 4.02. The molecule has 0 aliphatic carbocycles. The first-order valence-corrected chi connectivity index (χ1v) is 7.84. The van der Waals surface area contributed by atoms with Crippen LogP contribution in [0.25, 0.3) is 0 Å². The molecule has 0 saturated carbocycles. The Morgan fingerprint density at radius 2 is 2.00 bits per heavy atom. The number of fused-ring (bicyclic) bond motifs is 1. The highest BCUT2D eigenvalue weighted by Crippen LogP contribution is 2.28. The first-order valence-electron chi connectivity index (χ1n) is 6.67. The van der Waals surface area contributed by atoms with E-state index in [1.165, 1.54) is 0 Å². The summed E-state index contributed by atoms with van der Waals surface area (Å²) in [5.74, 6) is -0.0300. The molecule has 2 aromatic rings. The van der Waals surface area contributed by atoms with Crippen molar-refractivity contribution in [3.05, 3.63) is 68.1 Å². The van der Waals surface area contributed by atoms with E-state index in [1.54, 1.807) is 0 Å². The van der Waals surface area contributed by atoms with Gasteiger partial charge in [-0.1, -0.05) is 39.7 Å². The zero-order valence-corrected chi connectivity index (χ0v) is 13.5. The van der Waals surface area contributed by atoms with Gasteiger partial charge < -0.3 is 11.1 Å². The number of nitrogens with two attached hydrogens (primary N) is 1. The summed E-state index contributed by atoms with van der Waals surface area (Å²) in [7, 11) is 0. The van der Waals surface area contributed by atoms with Gasteiger partial charge >= 0.3 is 0 Å². The molecule has 0 radical (unpaired) electrons. The second kappa shape index (κ2) is 5.79. The summed E-state index contributed by atoms with van der Waals surface area (Å²) in [6.07, 6.45) is 0.860. The number of rotatable bonds is 2. The van der Waals surface area contributed by atoms with E-state index in [1.807, 2.05) is 36.4 Å². The van der Waals surface area contributed by atoms with E-state index in [2.05, 4.69) is 21.2 Å². The third-order valence-corrected chi connectivity index (χ3v) is 4.34. The number of halogens is 2. The van der Waals surface area contributed by atoms with E-state index in [4.69, 9.17) is 17.3 Å². The zero-order valence-electron chi connectivity index (χ0n) is 11.2. The fourth-order valence-corrected chi connectivity index (χ4v) is 3.46. The van der Waals surface area contributed by atoms with Crippen LogP contribution in [0.15, 0.2) is 40.9 Å². The van der Waals surface area contributed by atoms with Gasteiger partial charge in [0.2, 0.25) is 0 Å². The third kappa shape index (κ3) is 2.98. The maximum Gasteiger partial charge on any atom is 0.251 e. The quantitative estimate of drug-likeness (QED) is 0.856. The van der Waals surface area contributed by atoms with Gasteiger partial charge in [0, 0.05) is 21.6 Å². The Hall–Kier alpha value is -1.36. The predicted octanol–water partition coefficient (Wildman–Crippen LogP) is 3.44. The Bertz CT molecular complexity index is 697. The molecule has 0 aromatic heterocycles. The van der Waals surface area contributed by atoms with Crippen molar-refractivity contribution in [3.63, 3.8) is 0 Å². The van der Waals surface area contributed by atoms with Crippen molar-refractivity contribution < 1.29 is 4.79 Å². The number of amides is 1. The molecule has 3 N–H and O–H groups in total. The Labute approximate surface area is 136 Å². The summed E-state index contributed by atoms with van der Waals surface area (Å²) in [5.41, 5.74) is 9.92. The Morgan fingerprint density at radius 1 is 1.19 bits per heavy atom. The molecular formula is C16H14BrClN2O. The van der Waals surface area contributed by atoms with Crippen LogP contribution >= 0.6 is 27.5 Å². The number of nitrogens with one attached hydrogen (secondary N) is 1. The van der Waals surface area contributed by atoms with Crippen LogP contribution in [0.3, 0.4) is 0 Å². The molecule has 1 amide bonds. The standard InChI is InChI=1S/C16H14BrClN2O/c17-12-5-11(6-13(18)8-12)15(19)10-2-1-9-3-4-20-16(21)14(9)7-10/h1-2,5-8,15H,3-4,19H2,(H,20,21). The van der Waals surface area contributed by atoms with Gasteiger partial charge in [-0.3, -0.25) is 4.79 Å². The van der Waals surface area contributed by atoms with Crippen molar-refractivity contribution in [3.8, 4) is 0 Å². The lowest BCUT2D eigenvalue weighted by Gasteiger charge is -2.20. The molecule has 1 aliphatic rings. The maximum absolute atomic E-state index is 11.9. The van der Waals surface area contributed by atoms with E-state index in [-0.39, 0.29) is 11.9 Å². The second-order valence-corrected chi connectivity index (χ2v) is 6.46. The second-order valence-electron chi connectivity index (χ2n) is 5.10. The smallest absolute Gasteiger partial charge is 0.251 e. The fraction of sp³-hybridized carbons (Fsp3) is 0.188. The van der Waals surface area contributed by atoms with Crippen LogP contribution in [0.1, 0.15) is 33.1 Å². The molecule has 0 spiro atoms. The molecule has 0 bridgehead atoms. The van der Waals surface area contributed by atoms with Gasteiger partial charge in [0.25, 0.3) is 5.91 Å². The van der Waals surface area contributed by atoms with E-state index < -0.39 is 0 Å². The van der Waals surface area contributed by atoms with Gasteiger partial charge in [-0.25, -0.2) is 0 Å². The van der Waals surface area contributed by atoms with Crippen LogP contribution in [0.2, 0.25) is 5.02 Å². The number of hydrogen-bond acceptors (Lipinski definition) is 2. The average Bonchev–Trinajstić information content (AvgIpc) is 2.45. The number of carbonyl (C=O) groups excluding carboxylic acids is 1. The third-order valence-electron chi connectivity index (χ3n) is 3.66. The SMILES string of the molecule is NC(c1cc(Cl)cc(Br)c1)c1ccc2c(c1)C(=O)NCC2. The average molecular weight is 366 g/mol. The number of hydrogen-bond donors (Lipinski definition) is 2. The van der Waals surface area contributed by atoms with Crippen molar-refractivity contribution in [2.24, 2.45) is 5.73 Å². The molecule has 3 nitrogen and oxygen atoms in total. The molecule has 108 valence electrons. The summed E-state index contributed by atoms with van der Waals surface area (Å²) >= 11 is 9.49. The van der Waals surface area contributed by atoms with E-state index >= 15 is 0 Å². The maximum atomic E-state index is 11.9. The van der Waals surface area contributed by atoms with Gasteiger partial charge in [0.1, 0.15) is 0 Å².